The molecule has 238 valence electrons. The molecule has 11 heteroatoms. The highest BCUT2D eigenvalue weighted by Gasteiger charge is 2.78. The molecule has 6 rings (SSSR count). The first-order valence-corrected chi connectivity index (χ1v) is 15.2. The predicted octanol–water partition coefficient (Wildman–Crippen LogP) is 6.38. The van der Waals surface area contributed by atoms with Gasteiger partial charge < -0.3 is 24.8 Å². The molecule has 1 unspecified atom stereocenters. The van der Waals surface area contributed by atoms with Gasteiger partial charge in [-0.2, -0.15) is 0 Å². The minimum absolute atomic E-state index is 0.0284. The van der Waals surface area contributed by atoms with Crippen LogP contribution in [0.2, 0.25) is 5.02 Å². The van der Waals surface area contributed by atoms with E-state index in [4.69, 9.17) is 21.1 Å². The molecule has 0 aromatic heterocycles. The van der Waals surface area contributed by atoms with E-state index in [2.05, 4.69) is 0 Å². The molecule has 4 aliphatic rings. The fourth-order valence-corrected chi connectivity index (χ4v) is 8.96. The number of ketones is 1. The highest BCUT2D eigenvalue weighted by molar-refractivity contribution is 6.32. The van der Waals surface area contributed by atoms with Crippen molar-refractivity contribution >= 4 is 29.3 Å². The minimum atomic E-state index is -2.39. The molecular formula is C34H33ClF2O8. The summed E-state index contributed by atoms with van der Waals surface area (Å²) in [5, 5.41) is 32.0. The van der Waals surface area contributed by atoms with E-state index < -0.39 is 69.9 Å². The lowest BCUT2D eigenvalue weighted by atomic mass is 9.44. The number of rotatable bonds is 5. The standard InChI is InChI=1S/C34H33ClF2O8/c1-17-12-22-23-15-26(36)24-13-19(38)10-11-31(24,2)33(23,37)28(40)16-32(22,3)34(17,30(42)43)45-29(41)18-4-6-20(7-5-18)44-21-8-9-27(39)25(35)14-21/h4-11,13-14,17,22-23,26,28,39-40H,12,15-16H2,1-3H3,(H,42,43)/t17-,22+,23+,26+,28+,31+,32+,33?,34-/m1/s1. The van der Waals surface area contributed by atoms with Crippen LogP contribution < -0.4 is 4.74 Å². The molecule has 0 spiro atoms. The lowest BCUT2D eigenvalue weighted by molar-refractivity contribution is -0.229. The number of esters is 1. The summed E-state index contributed by atoms with van der Waals surface area (Å²) < 4.78 is 44.9. The Morgan fingerprint density at radius 3 is 2.36 bits per heavy atom. The third-order valence-electron chi connectivity index (χ3n) is 11.0. The Hall–Kier alpha value is -3.76. The number of phenols is 1. The topological polar surface area (TPSA) is 130 Å². The summed E-state index contributed by atoms with van der Waals surface area (Å²) in [7, 11) is 0. The first kappa shape index (κ1) is 31.2. The van der Waals surface area contributed by atoms with Crippen molar-refractivity contribution in [2.75, 3.05) is 0 Å². The van der Waals surface area contributed by atoms with Gasteiger partial charge in [0.2, 0.25) is 5.60 Å². The molecule has 0 saturated heterocycles. The summed E-state index contributed by atoms with van der Waals surface area (Å²) in [4.78, 5) is 38.8. The number of benzene rings is 2. The molecule has 0 bridgehead atoms. The molecule has 0 radical (unpaired) electrons. The zero-order valence-corrected chi connectivity index (χ0v) is 25.6. The quantitative estimate of drug-likeness (QED) is 0.320. The Morgan fingerprint density at radius 2 is 1.71 bits per heavy atom. The van der Waals surface area contributed by atoms with Gasteiger partial charge in [0, 0.05) is 28.7 Å². The van der Waals surface area contributed by atoms with Crippen molar-refractivity contribution in [3.63, 3.8) is 0 Å². The van der Waals surface area contributed by atoms with Gasteiger partial charge in [-0.05, 0) is 86.2 Å². The molecule has 0 aliphatic heterocycles. The monoisotopic (exact) mass is 642 g/mol. The number of aliphatic hydroxyl groups is 1. The number of phenolic OH excluding ortho intramolecular Hbond substituents is 1. The molecule has 2 aromatic carbocycles. The van der Waals surface area contributed by atoms with E-state index in [0.717, 1.165) is 6.08 Å². The predicted molar refractivity (Wildman–Crippen MR) is 159 cm³/mol. The average Bonchev–Trinajstić information content (AvgIpc) is 3.20. The van der Waals surface area contributed by atoms with E-state index in [9.17, 15) is 29.7 Å². The van der Waals surface area contributed by atoms with Gasteiger partial charge in [-0.25, -0.2) is 18.4 Å². The van der Waals surface area contributed by atoms with E-state index >= 15 is 8.78 Å². The highest BCUT2D eigenvalue weighted by Crippen LogP contribution is 2.71. The molecule has 8 nitrogen and oxygen atoms in total. The van der Waals surface area contributed by atoms with Crippen molar-refractivity contribution in [3.8, 4) is 17.2 Å². The summed E-state index contributed by atoms with van der Waals surface area (Å²) in [5.74, 6) is -4.96. The summed E-state index contributed by atoms with van der Waals surface area (Å²) in [5.41, 5.74) is -7.62. The zero-order chi connectivity index (χ0) is 32.7. The van der Waals surface area contributed by atoms with Crippen molar-refractivity contribution in [3.05, 3.63) is 76.9 Å². The maximum absolute atomic E-state index is 17.5. The van der Waals surface area contributed by atoms with E-state index in [1.807, 2.05) is 0 Å². The Morgan fingerprint density at radius 1 is 1.04 bits per heavy atom. The zero-order valence-electron chi connectivity index (χ0n) is 24.8. The fraction of sp³-hybridized carbons (Fsp3) is 0.441. The number of carboxylic acids is 1. The number of hydrogen-bond acceptors (Lipinski definition) is 7. The van der Waals surface area contributed by atoms with Gasteiger partial charge in [0.1, 0.15) is 23.4 Å². The molecule has 3 N–H and O–H groups in total. The van der Waals surface area contributed by atoms with Gasteiger partial charge in [-0.1, -0.05) is 31.5 Å². The van der Waals surface area contributed by atoms with Crippen LogP contribution in [0.5, 0.6) is 17.2 Å². The normalized spacial score (nSPS) is 38.4. The second-order valence-corrected chi connectivity index (χ2v) is 13.6. The number of carbonyl (C=O) groups excluding carboxylic acids is 2. The van der Waals surface area contributed by atoms with Crippen LogP contribution in [0, 0.1) is 28.6 Å². The van der Waals surface area contributed by atoms with Crippen molar-refractivity contribution in [2.45, 2.75) is 63.6 Å². The van der Waals surface area contributed by atoms with Crippen LogP contribution in [0.1, 0.15) is 50.4 Å². The Balaban J connectivity index is 1.31. The third-order valence-corrected chi connectivity index (χ3v) is 11.3. The lowest BCUT2D eigenvalue weighted by Crippen LogP contribution is -2.71. The lowest BCUT2D eigenvalue weighted by Gasteiger charge is -2.62. The number of aliphatic carboxylic acids is 1. The van der Waals surface area contributed by atoms with Crippen LogP contribution >= 0.6 is 11.6 Å². The van der Waals surface area contributed by atoms with Crippen LogP contribution in [0.3, 0.4) is 0 Å². The molecule has 3 fully saturated rings. The SMILES string of the molecule is C[C@@H]1C[C@H]2[C@@H]3C[C@H](F)C4=CC(=O)C=C[C@]4(C)C3(F)[C@@H](O)C[C@]2(C)[C@]1(OC(=O)c1ccc(Oc2ccc(O)c(Cl)c2)cc1)C(=O)O. The Bertz CT molecular complexity index is 1660. The fourth-order valence-electron chi connectivity index (χ4n) is 8.79. The molecule has 45 heavy (non-hydrogen) atoms. The van der Waals surface area contributed by atoms with Gasteiger partial charge in [-0.3, -0.25) is 4.79 Å². The second kappa shape index (κ2) is 10.4. The second-order valence-electron chi connectivity index (χ2n) is 13.2. The van der Waals surface area contributed by atoms with Crippen LogP contribution in [-0.4, -0.2) is 56.6 Å². The largest absolute Gasteiger partial charge is 0.506 e. The number of carbonyl (C=O) groups is 3. The van der Waals surface area contributed by atoms with Crippen LogP contribution in [0.25, 0.3) is 0 Å². The first-order valence-electron chi connectivity index (χ1n) is 14.8. The minimum Gasteiger partial charge on any atom is -0.506 e. The third kappa shape index (κ3) is 4.28. The van der Waals surface area contributed by atoms with Crippen LogP contribution in [0.4, 0.5) is 8.78 Å². The van der Waals surface area contributed by atoms with Gasteiger partial charge in [-0.15, -0.1) is 0 Å². The summed E-state index contributed by atoms with van der Waals surface area (Å²) in [6, 6.07) is 10.0. The Labute approximate surface area is 263 Å². The smallest absolute Gasteiger partial charge is 0.349 e. The van der Waals surface area contributed by atoms with E-state index in [-0.39, 0.29) is 41.2 Å². The molecule has 9 atom stereocenters. The summed E-state index contributed by atoms with van der Waals surface area (Å²) >= 11 is 5.93. The highest BCUT2D eigenvalue weighted by atomic mass is 35.5. The number of aliphatic hydroxyl groups excluding tert-OH is 1. The number of ether oxygens (including phenoxy) is 2. The average molecular weight is 643 g/mol. The van der Waals surface area contributed by atoms with Gasteiger partial charge in [0.15, 0.2) is 11.5 Å². The van der Waals surface area contributed by atoms with Crippen LogP contribution in [0.15, 0.2) is 66.3 Å². The number of fused-ring (bicyclic) bond motifs is 5. The van der Waals surface area contributed by atoms with Crippen molar-refractivity contribution < 1.29 is 48.0 Å². The van der Waals surface area contributed by atoms with Crippen molar-refractivity contribution in [1.29, 1.82) is 0 Å². The van der Waals surface area contributed by atoms with Crippen molar-refractivity contribution in [2.24, 2.45) is 28.6 Å². The molecule has 0 heterocycles. The maximum atomic E-state index is 17.5. The molecule has 3 saturated carbocycles. The van der Waals surface area contributed by atoms with Gasteiger partial charge >= 0.3 is 11.9 Å². The molecular weight excluding hydrogens is 610 g/mol. The number of alkyl halides is 2. The Kier molecular flexibility index (Phi) is 7.21. The van der Waals surface area contributed by atoms with Crippen molar-refractivity contribution in [1.82, 2.24) is 0 Å². The summed E-state index contributed by atoms with van der Waals surface area (Å²) in [6.07, 6.45) is -0.415. The van der Waals surface area contributed by atoms with Gasteiger partial charge in [0.25, 0.3) is 0 Å². The number of carboxylic acid groups (broad SMARTS) is 1. The number of allylic oxidation sites excluding steroid dienone is 4. The number of hydrogen-bond donors (Lipinski definition) is 3. The van der Waals surface area contributed by atoms with E-state index in [0.29, 0.717) is 11.5 Å². The molecule has 4 aliphatic carbocycles. The van der Waals surface area contributed by atoms with E-state index in [1.165, 1.54) is 61.5 Å². The summed E-state index contributed by atoms with van der Waals surface area (Å²) in [6.45, 7) is 4.66. The molecule has 0 amide bonds. The van der Waals surface area contributed by atoms with Crippen LogP contribution in [-0.2, 0) is 14.3 Å². The maximum Gasteiger partial charge on any atom is 0.349 e. The number of halogens is 3. The first-order chi connectivity index (χ1) is 21.1. The number of aromatic hydroxyl groups is 1. The molecule has 2 aromatic rings. The van der Waals surface area contributed by atoms with E-state index in [1.54, 1.807) is 13.8 Å². The van der Waals surface area contributed by atoms with Gasteiger partial charge in [0.05, 0.1) is 16.7 Å².